The van der Waals surface area contributed by atoms with Gasteiger partial charge in [-0.3, -0.25) is 9.78 Å². The summed E-state index contributed by atoms with van der Waals surface area (Å²) >= 11 is 1.61. The van der Waals surface area contributed by atoms with Gasteiger partial charge in [0.05, 0.1) is 10.7 Å². The summed E-state index contributed by atoms with van der Waals surface area (Å²) in [6.45, 7) is 2.56. The van der Waals surface area contributed by atoms with Gasteiger partial charge in [-0.2, -0.15) is 0 Å². The van der Waals surface area contributed by atoms with Crippen LogP contribution in [-0.4, -0.2) is 22.4 Å². The van der Waals surface area contributed by atoms with Crippen molar-refractivity contribution in [2.45, 2.75) is 13.3 Å². The smallest absolute Gasteiger partial charge is 0.251 e. The maximum atomic E-state index is 12.1. The highest BCUT2D eigenvalue weighted by molar-refractivity contribution is 7.09. The van der Waals surface area contributed by atoms with E-state index in [4.69, 9.17) is 0 Å². The molecule has 0 saturated heterocycles. The van der Waals surface area contributed by atoms with Crippen LogP contribution in [0.25, 0.3) is 11.3 Å². The minimum atomic E-state index is -0.0420. The average Bonchev–Trinajstić information content (AvgIpc) is 3.04. The highest BCUT2D eigenvalue weighted by Gasteiger charge is 2.07. The van der Waals surface area contributed by atoms with Crippen molar-refractivity contribution in [3.63, 3.8) is 0 Å². The molecule has 1 N–H and O–H groups in total. The average molecular weight is 323 g/mol. The number of pyridine rings is 1. The molecule has 0 aliphatic heterocycles. The number of carbonyl (C=O) groups is 1. The van der Waals surface area contributed by atoms with E-state index in [9.17, 15) is 4.79 Å². The second-order valence-corrected chi connectivity index (χ2v) is 6.18. The number of benzene rings is 1. The summed E-state index contributed by atoms with van der Waals surface area (Å²) < 4.78 is 0. The van der Waals surface area contributed by atoms with Gasteiger partial charge in [0.25, 0.3) is 5.91 Å². The number of rotatable bonds is 5. The van der Waals surface area contributed by atoms with E-state index in [0.717, 1.165) is 28.2 Å². The summed E-state index contributed by atoms with van der Waals surface area (Å²) in [6, 6.07) is 11.5. The number of nitrogens with one attached hydrogen (secondary N) is 1. The summed E-state index contributed by atoms with van der Waals surface area (Å²) in [4.78, 5) is 20.7. The number of carbonyl (C=O) groups excluding carboxylic acids is 1. The fraction of sp³-hybridized carbons (Fsp3) is 0.167. The zero-order valence-electron chi connectivity index (χ0n) is 12.8. The molecule has 0 radical (unpaired) electrons. The summed E-state index contributed by atoms with van der Waals surface area (Å²) in [7, 11) is 0. The number of nitrogens with zero attached hydrogens (tertiary/aromatic N) is 2. The minimum absolute atomic E-state index is 0.0420. The van der Waals surface area contributed by atoms with Crippen LogP contribution in [0.15, 0.2) is 54.2 Å². The number of aryl methyl sites for hydroxylation is 1. The van der Waals surface area contributed by atoms with Crippen LogP contribution in [0.4, 0.5) is 0 Å². The molecule has 23 heavy (non-hydrogen) atoms. The largest absolute Gasteiger partial charge is 0.352 e. The van der Waals surface area contributed by atoms with Crippen molar-refractivity contribution in [1.82, 2.24) is 15.3 Å². The maximum Gasteiger partial charge on any atom is 0.251 e. The summed E-state index contributed by atoms with van der Waals surface area (Å²) in [5.74, 6) is -0.0420. The van der Waals surface area contributed by atoms with E-state index in [2.05, 4.69) is 15.3 Å². The lowest BCUT2D eigenvalue weighted by molar-refractivity contribution is 0.0954. The topological polar surface area (TPSA) is 54.9 Å². The molecule has 1 aromatic carbocycles. The first kappa shape index (κ1) is 15.4. The van der Waals surface area contributed by atoms with E-state index < -0.39 is 0 Å². The molecule has 4 nitrogen and oxygen atoms in total. The Labute approximate surface area is 139 Å². The Bertz CT molecular complexity index is 799. The van der Waals surface area contributed by atoms with Gasteiger partial charge in [0.15, 0.2) is 0 Å². The predicted octanol–water partition coefficient (Wildman–Crippen LogP) is 3.49. The molecule has 0 atom stereocenters. The SMILES string of the molecule is Cc1cccc(C(=O)NCCc2nc(-c3ccncc3)cs2)c1. The van der Waals surface area contributed by atoms with Gasteiger partial charge in [-0.15, -0.1) is 11.3 Å². The standard InChI is InChI=1S/C18H17N3OS/c1-13-3-2-4-15(11-13)18(22)20-10-7-17-21-16(12-23-17)14-5-8-19-9-6-14/h2-6,8-9,11-12H,7,10H2,1H3,(H,20,22). The first-order chi connectivity index (χ1) is 11.2. The lowest BCUT2D eigenvalue weighted by atomic mass is 10.1. The first-order valence-electron chi connectivity index (χ1n) is 7.42. The lowest BCUT2D eigenvalue weighted by Crippen LogP contribution is -2.25. The maximum absolute atomic E-state index is 12.1. The van der Waals surface area contributed by atoms with Crippen LogP contribution >= 0.6 is 11.3 Å². The number of aromatic nitrogens is 2. The van der Waals surface area contributed by atoms with Crippen LogP contribution in [0.1, 0.15) is 20.9 Å². The van der Waals surface area contributed by atoms with E-state index >= 15 is 0 Å². The van der Waals surface area contributed by atoms with E-state index in [1.165, 1.54) is 0 Å². The Morgan fingerprint density at radius 3 is 2.83 bits per heavy atom. The third-order valence-corrected chi connectivity index (χ3v) is 4.34. The van der Waals surface area contributed by atoms with Gasteiger partial charge in [0.2, 0.25) is 0 Å². The van der Waals surface area contributed by atoms with Gasteiger partial charge < -0.3 is 5.32 Å². The van der Waals surface area contributed by atoms with Crippen LogP contribution in [-0.2, 0) is 6.42 Å². The van der Waals surface area contributed by atoms with E-state index in [0.29, 0.717) is 12.1 Å². The minimum Gasteiger partial charge on any atom is -0.352 e. The Balaban J connectivity index is 1.55. The molecule has 0 saturated carbocycles. The second-order valence-electron chi connectivity index (χ2n) is 5.24. The Morgan fingerprint density at radius 1 is 1.22 bits per heavy atom. The molecule has 0 spiro atoms. The Kier molecular flexibility index (Phi) is 4.78. The van der Waals surface area contributed by atoms with Gasteiger partial charge in [-0.1, -0.05) is 17.7 Å². The van der Waals surface area contributed by atoms with E-state index in [1.807, 2.05) is 48.7 Å². The highest BCUT2D eigenvalue weighted by atomic mass is 32.1. The van der Waals surface area contributed by atoms with Crippen LogP contribution in [0, 0.1) is 6.92 Å². The molecule has 1 amide bonds. The zero-order valence-corrected chi connectivity index (χ0v) is 13.6. The third kappa shape index (κ3) is 4.02. The van der Waals surface area contributed by atoms with Crippen LogP contribution in [0.5, 0.6) is 0 Å². The van der Waals surface area contributed by atoms with Crippen molar-refractivity contribution < 1.29 is 4.79 Å². The normalized spacial score (nSPS) is 10.5. The molecular formula is C18H17N3OS. The molecule has 5 heteroatoms. The molecule has 0 fully saturated rings. The van der Waals surface area contributed by atoms with Gasteiger partial charge in [-0.05, 0) is 31.2 Å². The third-order valence-electron chi connectivity index (χ3n) is 3.43. The summed E-state index contributed by atoms with van der Waals surface area (Å²) in [5.41, 5.74) is 3.80. The molecule has 3 rings (SSSR count). The van der Waals surface area contributed by atoms with Crippen LogP contribution in [0.3, 0.4) is 0 Å². The van der Waals surface area contributed by atoms with Crippen molar-refractivity contribution in [2.75, 3.05) is 6.54 Å². The molecule has 2 aromatic heterocycles. The molecular weight excluding hydrogens is 306 g/mol. The van der Waals surface area contributed by atoms with Gasteiger partial charge in [-0.25, -0.2) is 4.98 Å². The summed E-state index contributed by atoms with van der Waals surface area (Å²) in [6.07, 6.45) is 4.25. The van der Waals surface area contributed by atoms with Crippen molar-refractivity contribution in [3.05, 3.63) is 70.3 Å². The molecule has 3 aromatic rings. The van der Waals surface area contributed by atoms with Crippen molar-refractivity contribution >= 4 is 17.2 Å². The monoisotopic (exact) mass is 323 g/mol. The molecule has 0 unspecified atom stereocenters. The van der Waals surface area contributed by atoms with Crippen LogP contribution < -0.4 is 5.32 Å². The molecule has 0 bridgehead atoms. The van der Waals surface area contributed by atoms with Crippen LogP contribution in [0.2, 0.25) is 0 Å². The fourth-order valence-electron chi connectivity index (χ4n) is 2.25. The van der Waals surface area contributed by atoms with Gasteiger partial charge >= 0.3 is 0 Å². The van der Waals surface area contributed by atoms with Crippen molar-refractivity contribution in [3.8, 4) is 11.3 Å². The number of hydrogen-bond donors (Lipinski definition) is 1. The van der Waals surface area contributed by atoms with E-state index in [1.54, 1.807) is 23.7 Å². The molecule has 0 aliphatic rings. The van der Waals surface area contributed by atoms with Crippen molar-refractivity contribution in [1.29, 1.82) is 0 Å². The highest BCUT2D eigenvalue weighted by Crippen LogP contribution is 2.21. The predicted molar refractivity (Wildman–Crippen MR) is 92.6 cm³/mol. The van der Waals surface area contributed by atoms with E-state index in [-0.39, 0.29) is 5.91 Å². The molecule has 0 aliphatic carbocycles. The Hall–Kier alpha value is -2.53. The number of hydrogen-bond acceptors (Lipinski definition) is 4. The lowest BCUT2D eigenvalue weighted by Gasteiger charge is -2.04. The number of amides is 1. The summed E-state index contributed by atoms with van der Waals surface area (Å²) in [5, 5.41) is 5.99. The molecule has 116 valence electrons. The van der Waals surface area contributed by atoms with Crippen molar-refractivity contribution in [2.24, 2.45) is 0 Å². The Morgan fingerprint density at radius 2 is 2.04 bits per heavy atom. The fourth-order valence-corrected chi connectivity index (χ4v) is 3.06. The molecule has 2 heterocycles. The zero-order chi connectivity index (χ0) is 16.1. The quantitative estimate of drug-likeness (QED) is 0.782. The number of thiazole rings is 1. The first-order valence-corrected chi connectivity index (χ1v) is 8.30. The second kappa shape index (κ2) is 7.15. The van der Waals surface area contributed by atoms with Gasteiger partial charge in [0, 0.05) is 41.9 Å². The van der Waals surface area contributed by atoms with Gasteiger partial charge in [0.1, 0.15) is 0 Å².